The number of aryl methyl sites for hydroxylation is 1. The monoisotopic (exact) mass is 408 g/mol. The molecule has 0 saturated carbocycles. The van der Waals surface area contributed by atoms with Gasteiger partial charge in [-0.1, -0.05) is 18.2 Å². The van der Waals surface area contributed by atoms with Crippen LogP contribution in [0.4, 0.5) is 13.2 Å². The first kappa shape index (κ1) is 18.5. The summed E-state index contributed by atoms with van der Waals surface area (Å²) in [5, 5.41) is -0.157. The zero-order chi connectivity index (χ0) is 20.1. The average molecular weight is 409 g/mol. The lowest BCUT2D eigenvalue weighted by molar-refractivity contribution is -0.138. The molecule has 1 aliphatic rings. The predicted octanol–water partition coefficient (Wildman–Crippen LogP) is 5.17. The number of nitrogens with zero attached hydrogens (tertiary/aromatic N) is 2. The summed E-state index contributed by atoms with van der Waals surface area (Å²) in [6, 6.07) is 8.43. The summed E-state index contributed by atoms with van der Waals surface area (Å²) in [6.07, 6.45) is -5.73. The van der Waals surface area contributed by atoms with E-state index in [2.05, 4.69) is 9.97 Å². The van der Waals surface area contributed by atoms with Crippen LogP contribution in [0.5, 0.6) is 0 Å². The molecule has 3 heterocycles. The molecule has 1 atom stereocenters. The van der Waals surface area contributed by atoms with Gasteiger partial charge in [0, 0.05) is 6.42 Å². The lowest BCUT2D eigenvalue weighted by atomic mass is 9.98. The first-order chi connectivity index (χ1) is 13.2. The third-order valence-electron chi connectivity index (χ3n) is 4.37. The summed E-state index contributed by atoms with van der Waals surface area (Å²) in [6.45, 7) is 1.72. The van der Waals surface area contributed by atoms with Crippen molar-refractivity contribution in [2.45, 2.75) is 25.6 Å². The third kappa shape index (κ3) is 3.24. The molecule has 1 unspecified atom stereocenters. The number of cyclic esters (lactones) is 1. The van der Waals surface area contributed by atoms with Gasteiger partial charge in [0.25, 0.3) is 0 Å². The maximum atomic E-state index is 13.3. The van der Waals surface area contributed by atoms with Gasteiger partial charge in [-0.25, -0.2) is 14.8 Å². The van der Waals surface area contributed by atoms with Gasteiger partial charge >= 0.3 is 12.1 Å². The number of aromatic nitrogens is 2. The Balaban J connectivity index is 1.78. The molecule has 9 heteroatoms. The molecule has 0 radical (unpaired) electrons. The van der Waals surface area contributed by atoms with Gasteiger partial charge in [-0.2, -0.15) is 13.2 Å². The number of carbonyl (C=O) groups is 1. The van der Waals surface area contributed by atoms with E-state index < -0.39 is 23.8 Å². The highest BCUT2D eigenvalue weighted by atomic mass is 35.5. The molecule has 28 heavy (non-hydrogen) atoms. The number of hydrogen-bond acceptors (Lipinski definition) is 5. The van der Waals surface area contributed by atoms with E-state index in [4.69, 9.17) is 20.8 Å². The number of alkyl halides is 3. The van der Waals surface area contributed by atoms with Crippen LogP contribution in [0.2, 0.25) is 5.28 Å². The number of benzene rings is 1. The van der Waals surface area contributed by atoms with Crippen LogP contribution in [0.15, 0.2) is 40.8 Å². The van der Waals surface area contributed by atoms with Gasteiger partial charge in [0.05, 0.1) is 5.56 Å². The lowest BCUT2D eigenvalue weighted by Gasteiger charge is -2.15. The summed E-state index contributed by atoms with van der Waals surface area (Å²) in [4.78, 5) is 20.6. The van der Waals surface area contributed by atoms with Gasteiger partial charge in [-0.3, -0.25) is 0 Å². The zero-order valence-electron chi connectivity index (χ0n) is 14.4. The minimum absolute atomic E-state index is 0.00854. The number of hydrogen-bond donors (Lipinski definition) is 0. The second kappa shape index (κ2) is 6.63. The standard InChI is InChI=1S/C19H12ClF3N2O3/c1-9-6-7-12(27-9)15-14-16(25-18(20)24-15)13(28-17(14)26)8-10-4-2-3-5-11(10)19(21,22)23/h2-7,13H,8H2,1H3. The minimum atomic E-state index is -4.53. The fourth-order valence-corrected chi connectivity index (χ4v) is 3.36. The number of rotatable bonds is 3. The lowest BCUT2D eigenvalue weighted by Crippen LogP contribution is -2.12. The van der Waals surface area contributed by atoms with Gasteiger partial charge in [0.2, 0.25) is 5.28 Å². The average Bonchev–Trinajstić information content (AvgIpc) is 3.18. The molecule has 1 aromatic carbocycles. The van der Waals surface area contributed by atoms with E-state index in [1.54, 1.807) is 19.1 Å². The van der Waals surface area contributed by atoms with E-state index in [9.17, 15) is 18.0 Å². The molecule has 0 amide bonds. The number of esters is 1. The van der Waals surface area contributed by atoms with Crippen molar-refractivity contribution in [2.24, 2.45) is 0 Å². The van der Waals surface area contributed by atoms with Crippen LogP contribution in [0.25, 0.3) is 11.5 Å². The van der Waals surface area contributed by atoms with E-state index in [-0.39, 0.29) is 34.2 Å². The topological polar surface area (TPSA) is 65.2 Å². The fraction of sp³-hybridized carbons (Fsp3) is 0.211. The first-order valence-corrected chi connectivity index (χ1v) is 8.62. The Kier molecular flexibility index (Phi) is 4.38. The second-order valence-electron chi connectivity index (χ2n) is 6.26. The van der Waals surface area contributed by atoms with Crippen molar-refractivity contribution in [3.63, 3.8) is 0 Å². The quantitative estimate of drug-likeness (QED) is 0.442. The molecular weight excluding hydrogens is 397 g/mol. The summed E-state index contributed by atoms with van der Waals surface area (Å²) < 4.78 is 50.7. The molecule has 0 saturated heterocycles. The van der Waals surface area contributed by atoms with Crippen molar-refractivity contribution < 1.29 is 27.1 Å². The van der Waals surface area contributed by atoms with Crippen LogP contribution in [0.3, 0.4) is 0 Å². The Hall–Kier alpha value is -2.87. The number of fused-ring (bicyclic) bond motifs is 1. The third-order valence-corrected chi connectivity index (χ3v) is 4.54. The summed E-state index contributed by atoms with van der Waals surface area (Å²) in [7, 11) is 0. The molecule has 2 aromatic heterocycles. The van der Waals surface area contributed by atoms with Crippen LogP contribution in [0.1, 0.15) is 39.0 Å². The summed E-state index contributed by atoms with van der Waals surface area (Å²) >= 11 is 5.99. The molecule has 5 nitrogen and oxygen atoms in total. The van der Waals surface area contributed by atoms with Crippen molar-refractivity contribution >= 4 is 17.6 Å². The fourth-order valence-electron chi connectivity index (χ4n) is 3.18. The van der Waals surface area contributed by atoms with E-state index in [0.29, 0.717) is 11.5 Å². The van der Waals surface area contributed by atoms with Crippen molar-refractivity contribution in [3.05, 3.63) is 69.8 Å². The highest BCUT2D eigenvalue weighted by molar-refractivity contribution is 6.28. The number of carbonyl (C=O) groups excluding carboxylic acids is 1. The molecule has 144 valence electrons. The largest absolute Gasteiger partial charge is 0.460 e. The van der Waals surface area contributed by atoms with E-state index in [1.807, 2.05) is 0 Å². The van der Waals surface area contributed by atoms with E-state index in [0.717, 1.165) is 6.07 Å². The molecule has 0 fully saturated rings. The van der Waals surface area contributed by atoms with E-state index >= 15 is 0 Å². The molecule has 0 spiro atoms. The van der Waals surface area contributed by atoms with Crippen LogP contribution < -0.4 is 0 Å². The van der Waals surface area contributed by atoms with Gasteiger partial charge in [0.1, 0.15) is 28.8 Å². The number of ether oxygens (including phenoxy) is 1. The van der Waals surface area contributed by atoms with Crippen LogP contribution in [-0.4, -0.2) is 15.9 Å². The van der Waals surface area contributed by atoms with Crippen molar-refractivity contribution in [2.75, 3.05) is 0 Å². The molecule has 1 aliphatic heterocycles. The number of halogens is 4. The van der Waals surface area contributed by atoms with Gasteiger partial charge in [-0.05, 0) is 42.3 Å². The maximum Gasteiger partial charge on any atom is 0.416 e. The Bertz CT molecular complexity index is 1080. The SMILES string of the molecule is Cc1ccc(-c2nc(Cl)nc3c2C(=O)OC3Cc2ccccc2C(F)(F)F)o1. The highest BCUT2D eigenvalue weighted by Gasteiger charge is 2.40. The minimum Gasteiger partial charge on any atom is -0.460 e. The normalized spacial score (nSPS) is 16.2. The summed E-state index contributed by atoms with van der Waals surface area (Å²) in [5.41, 5.74) is -0.453. The van der Waals surface area contributed by atoms with Crippen LogP contribution in [0, 0.1) is 6.92 Å². The van der Waals surface area contributed by atoms with Crippen LogP contribution in [-0.2, 0) is 17.3 Å². The zero-order valence-corrected chi connectivity index (χ0v) is 15.1. The van der Waals surface area contributed by atoms with Gasteiger partial charge in [-0.15, -0.1) is 0 Å². The number of furan rings is 1. The Morgan fingerprint density at radius 1 is 1.14 bits per heavy atom. The van der Waals surface area contributed by atoms with E-state index in [1.165, 1.54) is 18.2 Å². The van der Waals surface area contributed by atoms with Crippen molar-refractivity contribution in [1.29, 1.82) is 0 Å². The predicted molar refractivity (Wildman–Crippen MR) is 92.8 cm³/mol. The molecule has 0 N–H and O–H groups in total. The van der Waals surface area contributed by atoms with Crippen molar-refractivity contribution in [1.82, 2.24) is 9.97 Å². The van der Waals surface area contributed by atoms with Crippen molar-refractivity contribution in [3.8, 4) is 11.5 Å². The Morgan fingerprint density at radius 3 is 2.57 bits per heavy atom. The smallest absolute Gasteiger partial charge is 0.416 e. The first-order valence-electron chi connectivity index (χ1n) is 8.24. The second-order valence-corrected chi connectivity index (χ2v) is 6.60. The summed E-state index contributed by atoms with van der Waals surface area (Å²) in [5.74, 6) is 0.164. The molecule has 0 bridgehead atoms. The van der Waals surface area contributed by atoms with Gasteiger partial charge < -0.3 is 9.15 Å². The molecule has 0 aliphatic carbocycles. The van der Waals surface area contributed by atoms with Crippen LogP contribution >= 0.6 is 11.6 Å². The molecule has 3 aromatic rings. The molecular formula is C19H12ClF3N2O3. The Morgan fingerprint density at radius 2 is 1.89 bits per heavy atom. The Labute approximate surface area is 162 Å². The molecule has 4 rings (SSSR count). The van der Waals surface area contributed by atoms with Gasteiger partial charge in [0.15, 0.2) is 5.76 Å². The maximum absolute atomic E-state index is 13.3. The highest BCUT2D eigenvalue weighted by Crippen LogP contribution is 2.40.